The number of carbonyl (C=O) groups excluding carboxylic acids is 1. The zero-order valence-electron chi connectivity index (χ0n) is 12.2. The van der Waals surface area contributed by atoms with Crippen LogP contribution in [0, 0.1) is 18.6 Å². The number of rotatable bonds is 4. The van der Waals surface area contributed by atoms with Crippen LogP contribution in [0.3, 0.4) is 0 Å². The molecule has 120 valence electrons. The molecule has 2 aromatic carbocycles. The molecule has 23 heavy (non-hydrogen) atoms. The quantitative estimate of drug-likeness (QED) is 0.806. The van der Waals surface area contributed by atoms with E-state index in [0.717, 1.165) is 17.7 Å². The molecule has 0 aliphatic heterocycles. The first kappa shape index (κ1) is 16.4. The van der Waals surface area contributed by atoms with Crippen LogP contribution in [0.5, 0.6) is 0 Å². The predicted octanol–water partition coefficient (Wildman–Crippen LogP) is 3.54. The highest BCUT2D eigenvalue weighted by Gasteiger charge is 2.14. The number of para-hydroxylation sites is 1. The van der Waals surface area contributed by atoms with E-state index < -0.39 is 30.1 Å². The van der Waals surface area contributed by atoms with E-state index in [1.807, 2.05) is 0 Å². The molecule has 0 saturated heterocycles. The monoisotopic (exact) mass is 320 g/mol. The highest BCUT2D eigenvalue weighted by molar-refractivity contribution is 6.00. The second-order valence-electron chi connectivity index (χ2n) is 4.89. The van der Waals surface area contributed by atoms with Crippen molar-refractivity contribution in [1.29, 1.82) is 0 Å². The summed E-state index contributed by atoms with van der Waals surface area (Å²) in [6, 6.07) is 7.76. The van der Waals surface area contributed by atoms with Crippen molar-refractivity contribution in [2.24, 2.45) is 0 Å². The normalized spacial score (nSPS) is 10.2. The van der Waals surface area contributed by atoms with Gasteiger partial charge in [-0.3, -0.25) is 4.79 Å². The van der Waals surface area contributed by atoms with Crippen LogP contribution in [-0.4, -0.2) is 17.1 Å². The fourth-order valence-electron chi connectivity index (χ4n) is 1.97. The maximum absolute atomic E-state index is 13.9. The van der Waals surface area contributed by atoms with E-state index >= 15 is 0 Å². The van der Waals surface area contributed by atoms with E-state index in [9.17, 15) is 18.4 Å². The Hall–Kier alpha value is -2.96. The van der Waals surface area contributed by atoms with Gasteiger partial charge in [0.1, 0.15) is 11.6 Å². The minimum atomic E-state index is -1.28. The molecule has 7 heteroatoms. The average molecular weight is 320 g/mol. The van der Waals surface area contributed by atoms with Gasteiger partial charge in [0.15, 0.2) is 0 Å². The predicted molar refractivity (Wildman–Crippen MR) is 81.5 cm³/mol. The Balaban J connectivity index is 2.14. The molecule has 5 nitrogen and oxygen atoms in total. The van der Waals surface area contributed by atoms with Gasteiger partial charge in [0, 0.05) is 17.3 Å². The molecule has 0 aromatic heterocycles. The van der Waals surface area contributed by atoms with Crippen molar-refractivity contribution in [2.75, 3.05) is 10.6 Å². The number of carbonyl (C=O) groups is 2. The van der Waals surface area contributed by atoms with Gasteiger partial charge in [-0.2, -0.15) is 0 Å². The first-order valence-electron chi connectivity index (χ1n) is 6.70. The van der Waals surface area contributed by atoms with E-state index in [1.165, 1.54) is 0 Å². The molecular weight excluding hydrogens is 306 g/mol. The summed E-state index contributed by atoms with van der Waals surface area (Å²) in [4.78, 5) is 22.4. The molecule has 0 spiro atoms. The Morgan fingerprint density at radius 2 is 1.70 bits per heavy atom. The van der Waals surface area contributed by atoms with Crippen molar-refractivity contribution < 1.29 is 23.5 Å². The standard InChI is InChI=1S/C16H14F2N2O3/c1-9-4-2-3-5-13(9)19-16(23)20-14-8-11(17)10(6-12(14)18)7-15(21)22/h2-6,8H,7H2,1H3,(H,21,22)(H2,19,20,23). The summed E-state index contributed by atoms with van der Waals surface area (Å²) in [5, 5.41) is 13.3. The Bertz CT molecular complexity index is 763. The van der Waals surface area contributed by atoms with E-state index in [1.54, 1.807) is 31.2 Å². The van der Waals surface area contributed by atoms with Crippen molar-refractivity contribution in [3.05, 3.63) is 59.2 Å². The second kappa shape index (κ2) is 6.87. The summed E-state index contributed by atoms with van der Waals surface area (Å²) in [6.45, 7) is 1.79. The van der Waals surface area contributed by atoms with Crippen LogP contribution in [0.1, 0.15) is 11.1 Å². The molecule has 2 rings (SSSR count). The fraction of sp³-hybridized carbons (Fsp3) is 0.125. The summed E-state index contributed by atoms with van der Waals surface area (Å²) < 4.78 is 27.6. The number of hydrogen-bond acceptors (Lipinski definition) is 2. The van der Waals surface area contributed by atoms with Crippen molar-refractivity contribution in [1.82, 2.24) is 0 Å². The summed E-state index contributed by atoms with van der Waals surface area (Å²) in [6.07, 6.45) is -0.640. The topological polar surface area (TPSA) is 78.4 Å². The Kier molecular flexibility index (Phi) is 4.90. The van der Waals surface area contributed by atoms with Crippen molar-refractivity contribution in [3.8, 4) is 0 Å². The lowest BCUT2D eigenvalue weighted by atomic mass is 10.1. The molecule has 2 amide bonds. The number of anilines is 2. The third-order valence-electron chi connectivity index (χ3n) is 3.12. The SMILES string of the molecule is Cc1ccccc1NC(=O)Nc1cc(F)c(CC(=O)O)cc1F. The molecule has 0 radical (unpaired) electrons. The van der Waals surface area contributed by atoms with Crippen LogP contribution in [0.15, 0.2) is 36.4 Å². The molecular formula is C16H14F2N2O3. The van der Waals surface area contributed by atoms with Crippen LogP contribution < -0.4 is 10.6 Å². The molecule has 0 fully saturated rings. The van der Waals surface area contributed by atoms with Gasteiger partial charge >= 0.3 is 12.0 Å². The number of urea groups is 1. The van der Waals surface area contributed by atoms with Crippen LogP contribution in [0.4, 0.5) is 25.0 Å². The summed E-state index contributed by atoms with van der Waals surface area (Å²) >= 11 is 0. The highest BCUT2D eigenvalue weighted by atomic mass is 19.1. The highest BCUT2D eigenvalue weighted by Crippen LogP contribution is 2.21. The number of carboxylic acids is 1. The van der Waals surface area contributed by atoms with Gasteiger partial charge in [-0.15, -0.1) is 0 Å². The lowest BCUT2D eigenvalue weighted by molar-refractivity contribution is -0.136. The Labute approximate surface area is 130 Å². The molecule has 0 aliphatic carbocycles. The van der Waals surface area contributed by atoms with Crippen molar-refractivity contribution >= 4 is 23.4 Å². The number of amides is 2. The molecule has 3 N–H and O–H groups in total. The number of nitrogens with one attached hydrogen (secondary N) is 2. The van der Waals surface area contributed by atoms with E-state index in [2.05, 4.69) is 10.6 Å². The summed E-state index contributed by atoms with van der Waals surface area (Å²) in [5.41, 5.74) is 0.682. The lowest BCUT2D eigenvalue weighted by Crippen LogP contribution is -2.21. The van der Waals surface area contributed by atoms with Crippen LogP contribution in [0.2, 0.25) is 0 Å². The number of halogens is 2. The Morgan fingerprint density at radius 3 is 2.35 bits per heavy atom. The van der Waals surface area contributed by atoms with E-state index in [0.29, 0.717) is 5.69 Å². The molecule has 0 heterocycles. The van der Waals surface area contributed by atoms with Crippen LogP contribution in [-0.2, 0) is 11.2 Å². The van der Waals surface area contributed by atoms with Gasteiger partial charge in [-0.25, -0.2) is 13.6 Å². The van der Waals surface area contributed by atoms with Crippen molar-refractivity contribution in [3.63, 3.8) is 0 Å². The second-order valence-corrected chi connectivity index (χ2v) is 4.89. The van der Waals surface area contributed by atoms with Crippen molar-refractivity contribution in [2.45, 2.75) is 13.3 Å². The molecule has 0 unspecified atom stereocenters. The number of benzene rings is 2. The maximum atomic E-state index is 13.9. The third-order valence-corrected chi connectivity index (χ3v) is 3.12. The zero-order valence-corrected chi connectivity index (χ0v) is 12.2. The van der Waals surface area contributed by atoms with Gasteiger partial charge < -0.3 is 15.7 Å². The smallest absolute Gasteiger partial charge is 0.323 e. The molecule has 0 aliphatic rings. The molecule has 0 saturated carbocycles. The van der Waals surface area contributed by atoms with Crippen LogP contribution >= 0.6 is 0 Å². The zero-order chi connectivity index (χ0) is 17.0. The lowest BCUT2D eigenvalue weighted by Gasteiger charge is -2.11. The fourth-order valence-corrected chi connectivity index (χ4v) is 1.97. The third kappa shape index (κ3) is 4.26. The molecule has 2 aromatic rings. The molecule has 0 atom stereocenters. The summed E-state index contributed by atoms with van der Waals surface area (Å²) in [7, 11) is 0. The van der Waals surface area contributed by atoms with Gasteiger partial charge in [0.05, 0.1) is 12.1 Å². The first-order valence-corrected chi connectivity index (χ1v) is 6.70. The van der Waals surface area contributed by atoms with Gasteiger partial charge in [0.2, 0.25) is 0 Å². The first-order chi connectivity index (χ1) is 10.9. The van der Waals surface area contributed by atoms with Gasteiger partial charge in [-0.1, -0.05) is 18.2 Å². The summed E-state index contributed by atoms with van der Waals surface area (Å²) in [5.74, 6) is -3.09. The van der Waals surface area contributed by atoms with E-state index in [4.69, 9.17) is 5.11 Å². The largest absolute Gasteiger partial charge is 0.481 e. The van der Waals surface area contributed by atoms with Crippen LogP contribution in [0.25, 0.3) is 0 Å². The average Bonchev–Trinajstić information content (AvgIpc) is 2.46. The minimum Gasteiger partial charge on any atom is -0.481 e. The number of aliphatic carboxylic acids is 1. The number of hydrogen-bond donors (Lipinski definition) is 3. The van der Waals surface area contributed by atoms with E-state index in [-0.39, 0.29) is 11.3 Å². The molecule has 0 bridgehead atoms. The number of carboxylic acid groups (broad SMARTS) is 1. The number of aryl methyl sites for hydroxylation is 1. The van der Waals surface area contributed by atoms with Gasteiger partial charge in [-0.05, 0) is 24.6 Å². The maximum Gasteiger partial charge on any atom is 0.323 e. The minimum absolute atomic E-state index is 0.292. The Morgan fingerprint density at radius 1 is 1.04 bits per heavy atom. The van der Waals surface area contributed by atoms with Gasteiger partial charge in [0.25, 0.3) is 0 Å².